The molecular weight excluding hydrogens is 609 g/mol. The smallest absolute Gasteiger partial charge is 0.165 e. The van der Waals surface area contributed by atoms with E-state index in [1.54, 1.807) is 0 Å². The Hall–Kier alpha value is -6.78. The standard InChI is InChI=1S/C46H28N4/c1-3-14-30(15-4-1)44-48-45(31-16-5-2-6-17-31)50-46(49-44)34-26-41-42-37-21-11-9-19-35(37)39(33-24-23-29-13-7-8-18-32(29)25-33)27-40(42)36-20-10-12-22-38(36)43(41)47-28-34/h1-28H. The van der Waals surface area contributed by atoms with E-state index in [-0.39, 0.29) is 0 Å². The van der Waals surface area contributed by atoms with Gasteiger partial charge in [0.15, 0.2) is 17.5 Å². The van der Waals surface area contributed by atoms with Gasteiger partial charge in [-0.15, -0.1) is 0 Å². The third kappa shape index (κ3) is 4.61. The van der Waals surface area contributed by atoms with Crippen molar-refractivity contribution in [3.05, 3.63) is 170 Å². The van der Waals surface area contributed by atoms with Gasteiger partial charge in [-0.2, -0.15) is 0 Å². The summed E-state index contributed by atoms with van der Waals surface area (Å²) in [6, 6.07) is 57.4. The first-order valence-electron chi connectivity index (χ1n) is 16.8. The molecule has 10 aromatic rings. The lowest BCUT2D eigenvalue weighted by Gasteiger charge is -2.16. The van der Waals surface area contributed by atoms with E-state index in [1.807, 2.05) is 66.9 Å². The number of benzene rings is 8. The van der Waals surface area contributed by atoms with Crippen LogP contribution in [0.5, 0.6) is 0 Å². The van der Waals surface area contributed by atoms with Crippen LogP contribution < -0.4 is 0 Å². The van der Waals surface area contributed by atoms with Gasteiger partial charge < -0.3 is 0 Å². The zero-order chi connectivity index (χ0) is 33.0. The van der Waals surface area contributed by atoms with Gasteiger partial charge in [0, 0.05) is 33.7 Å². The fourth-order valence-electron chi connectivity index (χ4n) is 7.33. The van der Waals surface area contributed by atoms with Crippen molar-refractivity contribution < 1.29 is 0 Å². The Morgan fingerprint density at radius 1 is 0.320 bits per heavy atom. The minimum atomic E-state index is 0.588. The van der Waals surface area contributed by atoms with Crippen LogP contribution in [0.25, 0.3) is 99.3 Å². The lowest BCUT2D eigenvalue weighted by Crippen LogP contribution is -2.00. The SMILES string of the molecule is c1ccc(-c2nc(-c3ccccc3)nc(-c3cnc4c5ccccc5c5cc(-c6ccc7ccccc7c6)c6ccccc6c5c4c3)n2)cc1. The van der Waals surface area contributed by atoms with Crippen molar-refractivity contribution in [3.63, 3.8) is 0 Å². The summed E-state index contributed by atoms with van der Waals surface area (Å²) in [5.41, 5.74) is 6.08. The topological polar surface area (TPSA) is 51.6 Å². The maximum atomic E-state index is 5.16. The second kappa shape index (κ2) is 11.4. The van der Waals surface area contributed by atoms with E-state index in [2.05, 4.69) is 103 Å². The number of fused-ring (bicyclic) bond motifs is 9. The highest BCUT2D eigenvalue weighted by Gasteiger charge is 2.18. The Labute approximate surface area is 288 Å². The van der Waals surface area contributed by atoms with E-state index in [0.29, 0.717) is 17.5 Å². The lowest BCUT2D eigenvalue weighted by molar-refractivity contribution is 1.07. The first-order chi connectivity index (χ1) is 24.8. The zero-order valence-electron chi connectivity index (χ0n) is 27.0. The summed E-state index contributed by atoms with van der Waals surface area (Å²) < 4.78 is 0. The normalized spacial score (nSPS) is 11.6. The molecule has 0 N–H and O–H groups in total. The first kappa shape index (κ1) is 28.3. The molecule has 0 bridgehead atoms. The fraction of sp³-hybridized carbons (Fsp3) is 0. The monoisotopic (exact) mass is 636 g/mol. The molecule has 0 unspecified atom stereocenters. The lowest BCUT2D eigenvalue weighted by atomic mass is 9.88. The van der Waals surface area contributed by atoms with Crippen molar-refractivity contribution in [1.82, 2.24) is 19.9 Å². The predicted octanol–water partition coefficient (Wildman–Crippen LogP) is 11.7. The zero-order valence-corrected chi connectivity index (χ0v) is 27.0. The molecule has 0 atom stereocenters. The molecule has 0 spiro atoms. The largest absolute Gasteiger partial charge is 0.255 e. The number of hydrogen-bond donors (Lipinski definition) is 0. The third-order valence-corrected chi connectivity index (χ3v) is 9.69. The average Bonchev–Trinajstić information content (AvgIpc) is 3.20. The van der Waals surface area contributed by atoms with Crippen molar-refractivity contribution in [2.45, 2.75) is 0 Å². The second-order valence-electron chi connectivity index (χ2n) is 12.7. The molecule has 10 rings (SSSR count). The van der Waals surface area contributed by atoms with Gasteiger partial charge in [-0.1, -0.05) is 146 Å². The van der Waals surface area contributed by atoms with Gasteiger partial charge in [0.05, 0.1) is 5.52 Å². The molecule has 0 amide bonds. The van der Waals surface area contributed by atoms with Gasteiger partial charge in [0.2, 0.25) is 0 Å². The fourth-order valence-corrected chi connectivity index (χ4v) is 7.33. The van der Waals surface area contributed by atoms with Gasteiger partial charge >= 0.3 is 0 Å². The van der Waals surface area contributed by atoms with Gasteiger partial charge in [-0.05, 0) is 67.0 Å². The summed E-state index contributed by atoms with van der Waals surface area (Å²) in [6.45, 7) is 0. The number of nitrogens with zero attached hydrogens (tertiary/aromatic N) is 4. The van der Waals surface area contributed by atoms with Crippen LogP contribution in [0.1, 0.15) is 0 Å². The van der Waals surface area contributed by atoms with Crippen LogP contribution in [0, 0.1) is 0 Å². The molecule has 2 aromatic heterocycles. The summed E-state index contributed by atoms with van der Waals surface area (Å²) >= 11 is 0. The molecule has 0 aliphatic rings. The minimum absolute atomic E-state index is 0.588. The van der Waals surface area contributed by atoms with Crippen molar-refractivity contribution >= 4 is 54.0 Å². The average molecular weight is 637 g/mol. The number of rotatable bonds is 4. The van der Waals surface area contributed by atoms with E-state index in [1.165, 1.54) is 48.8 Å². The summed E-state index contributed by atoms with van der Waals surface area (Å²) in [6.07, 6.45) is 1.91. The highest BCUT2D eigenvalue weighted by atomic mass is 15.0. The van der Waals surface area contributed by atoms with Crippen molar-refractivity contribution in [3.8, 4) is 45.3 Å². The van der Waals surface area contributed by atoms with Crippen molar-refractivity contribution in [1.29, 1.82) is 0 Å². The third-order valence-electron chi connectivity index (χ3n) is 9.69. The minimum Gasteiger partial charge on any atom is -0.255 e. The quantitative estimate of drug-likeness (QED) is 0.180. The van der Waals surface area contributed by atoms with Gasteiger partial charge in [-0.3, -0.25) is 4.98 Å². The molecule has 0 aliphatic heterocycles. The Morgan fingerprint density at radius 2 is 0.880 bits per heavy atom. The van der Waals surface area contributed by atoms with E-state index in [0.717, 1.165) is 33.0 Å². The highest BCUT2D eigenvalue weighted by Crippen LogP contribution is 2.43. The van der Waals surface area contributed by atoms with Gasteiger partial charge in [0.1, 0.15) is 0 Å². The number of hydrogen-bond acceptors (Lipinski definition) is 4. The summed E-state index contributed by atoms with van der Waals surface area (Å²) in [7, 11) is 0. The van der Waals surface area contributed by atoms with Crippen LogP contribution in [-0.2, 0) is 0 Å². The van der Waals surface area contributed by atoms with Crippen LogP contribution in [0.3, 0.4) is 0 Å². The van der Waals surface area contributed by atoms with Crippen LogP contribution in [0.15, 0.2) is 170 Å². The predicted molar refractivity (Wildman–Crippen MR) is 207 cm³/mol. The molecule has 0 fully saturated rings. The number of pyridine rings is 1. The van der Waals surface area contributed by atoms with Crippen molar-refractivity contribution in [2.75, 3.05) is 0 Å². The van der Waals surface area contributed by atoms with Crippen LogP contribution in [0.4, 0.5) is 0 Å². The maximum Gasteiger partial charge on any atom is 0.165 e. The molecule has 0 aliphatic carbocycles. The van der Waals surface area contributed by atoms with Gasteiger partial charge in [-0.25, -0.2) is 15.0 Å². The molecule has 0 radical (unpaired) electrons. The molecule has 4 nitrogen and oxygen atoms in total. The second-order valence-corrected chi connectivity index (χ2v) is 12.7. The highest BCUT2D eigenvalue weighted by molar-refractivity contribution is 6.32. The molecule has 50 heavy (non-hydrogen) atoms. The van der Waals surface area contributed by atoms with Crippen LogP contribution in [-0.4, -0.2) is 19.9 Å². The molecule has 2 heterocycles. The summed E-state index contributed by atoms with van der Waals surface area (Å²) in [5.74, 6) is 1.84. The molecule has 0 saturated heterocycles. The molecule has 4 heteroatoms. The van der Waals surface area contributed by atoms with E-state index < -0.39 is 0 Å². The van der Waals surface area contributed by atoms with E-state index in [4.69, 9.17) is 19.9 Å². The van der Waals surface area contributed by atoms with Gasteiger partial charge in [0.25, 0.3) is 0 Å². The molecular formula is C46H28N4. The molecule has 232 valence electrons. The number of aromatic nitrogens is 4. The van der Waals surface area contributed by atoms with E-state index >= 15 is 0 Å². The Balaban J connectivity index is 1.28. The summed E-state index contributed by atoms with van der Waals surface area (Å²) in [4.78, 5) is 20.1. The molecule has 8 aromatic carbocycles. The van der Waals surface area contributed by atoms with Crippen LogP contribution in [0.2, 0.25) is 0 Å². The van der Waals surface area contributed by atoms with Crippen molar-refractivity contribution in [2.24, 2.45) is 0 Å². The first-order valence-corrected chi connectivity index (χ1v) is 16.8. The Bertz CT molecular complexity index is 2860. The van der Waals surface area contributed by atoms with E-state index in [9.17, 15) is 0 Å². The van der Waals surface area contributed by atoms with Crippen LogP contribution >= 0.6 is 0 Å². The summed E-state index contributed by atoms with van der Waals surface area (Å²) in [5, 5.41) is 10.6. The Kier molecular flexibility index (Phi) is 6.46. The molecule has 0 saturated carbocycles. The maximum absolute atomic E-state index is 5.16. The Morgan fingerprint density at radius 3 is 1.58 bits per heavy atom.